The van der Waals surface area contributed by atoms with Crippen LogP contribution in [0, 0.1) is 0 Å². The van der Waals surface area contributed by atoms with Crippen molar-refractivity contribution in [3.8, 4) is 0 Å². The minimum atomic E-state index is -0.288. The number of rotatable bonds is 2. The molecule has 0 bridgehead atoms. The van der Waals surface area contributed by atoms with Crippen molar-refractivity contribution in [2.24, 2.45) is 5.73 Å². The molecule has 0 radical (unpaired) electrons. The number of aliphatic hydroxyl groups excluding tert-OH is 1. The van der Waals surface area contributed by atoms with E-state index in [2.05, 4.69) is 0 Å². The SMILES string of the molecule is NC1(CCO)C=CC=CC1. The topological polar surface area (TPSA) is 46.2 Å². The first-order valence-corrected chi connectivity index (χ1v) is 3.51. The molecule has 0 aromatic carbocycles. The normalized spacial score (nSPS) is 31.0. The molecule has 56 valence electrons. The van der Waals surface area contributed by atoms with Crippen molar-refractivity contribution in [3.63, 3.8) is 0 Å². The molecule has 1 atom stereocenters. The maximum atomic E-state index is 8.65. The summed E-state index contributed by atoms with van der Waals surface area (Å²) in [7, 11) is 0. The van der Waals surface area contributed by atoms with Gasteiger partial charge in [-0.05, 0) is 12.8 Å². The van der Waals surface area contributed by atoms with Gasteiger partial charge in [0.1, 0.15) is 0 Å². The molecular formula is C8H13NO. The first kappa shape index (κ1) is 7.51. The fourth-order valence-electron chi connectivity index (χ4n) is 1.07. The maximum Gasteiger partial charge on any atom is 0.0451 e. The summed E-state index contributed by atoms with van der Waals surface area (Å²) in [4.78, 5) is 0. The molecule has 2 heteroatoms. The number of hydrogen-bond acceptors (Lipinski definition) is 2. The van der Waals surface area contributed by atoms with Crippen LogP contribution in [0.3, 0.4) is 0 Å². The second kappa shape index (κ2) is 2.99. The van der Waals surface area contributed by atoms with E-state index < -0.39 is 0 Å². The fraction of sp³-hybridized carbons (Fsp3) is 0.500. The van der Waals surface area contributed by atoms with Gasteiger partial charge < -0.3 is 10.8 Å². The highest BCUT2D eigenvalue weighted by atomic mass is 16.3. The molecule has 0 aromatic heterocycles. The molecule has 0 fully saturated rings. The molecule has 1 rings (SSSR count). The summed E-state index contributed by atoms with van der Waals surface area (Å²) >= 11 is 0. The molecular weight excluding hydrogens is 126 g/mol. The summed E-state index contributed by atoms with van der Waals surface area (Å²) in [6.07, 6.45) is 9.36. The summed E-state index contributed by atoms with van der Waals surface area (Å²) < 4.78 is 0. The van der Waals surface area contributed by atoms with Crippen LogP contribution in [0.4, 0.5) is 0 Å². The van der Waals surface area contributed by atoms with Crippen molar-refractivity contribution in [1.29, 1.82) is 0 Å². The van der Waals surface area contributed by atoms with Gasteiger partial charge in [0, 0.05) is 12.1 Å². The third-order valence-corrected chi connectivity index (χ3v) is 1.75. The van der Waals surface area contributed by atoms with Crippen LogP contribution in [0.5, 0.6) is 0 Å². The van der Waals surface area contributed by atoms with Gasteiger partial charge in [-0.2, -0.15) is 0 Å². The summed E-state index contributed by atoms with van der Waals surface area (Å²) in [6.45, 7) is 0.161. The van der Waals surface area contributed by atoms with Gasteiger partial charge in [0.2, 0.25) is 0 Å². The third kappa shape index (κ3) is 1.69. The molecule has 3 N–H and O–H groups in total. The van der Waals surface area contributed by atoms with Gasteiger partial charge in [0.05, 0.1) is 0 Å². The van der Waals surface area contributed by atoms with E-state index in [4.69, 9.17) is 10.8 Å². The summed E-state index contributed by atoms with van der Waals surface area (Å²) in [6, 6.07) is 0. The Bertz CT molecular complexity index is 163. The van der Waals surface area contributed by atoms with Crippen molar-refractivity contribution >= 4 is 0 Å². The van der Waals surface area contributed by atoms with Crippen LogP contribution in [0.25, 0.3) is 0 Å². The Labute approximate surface area is 61.0 Å². The number of hydrogen-bond donors (Lipinski definition) is 2. The Morgan fingerprint density at radius 1 is 1.50 bits per heavy atom. The van der Waals surface area contributed by atoms with Crippen molar-refractivity contribution < 1.29 is 5.11 Å². The predicted molar refractivity (Wildman–Crippen MR) is 41.5 cm³/mol. The van der Waals surface area contributed by atoms with E-state index in [1.165, 1.54) is 0 Å². The van der Waals surface area contributed by atoms with E-state index in [1.807, 2.05) is 24.3 Å². The molecule has 2 nitrogen and oxygen atoms in total. The molecule has 0 aliphatic heterocycles. The van der Waals surface area contributed by atoms with Crippen LogP contribution in [-0.4, -0.2) is 17.3 Å². The van der Waals surface area contributed by atoms with Gasteiger partial charge in [0.15, 0.2) is 0 Å². The molecule has 1 aliphatic carbocycles. The van der Waals surface area contributed by atoms with Crippen molar-refractivity contribution in [2.45, 2.75) is 18.4 Å². The molecule has 0 saturated carbocycles. The zero-order chi connectivity index (χ0) is 7.45. The minimum absolute atomic E-state index is 0.161. The van der Waals surface area contributed by atoms with E-state index in [-0.39, 0.29) is 12.1 Å². The zero-order valence-electron chi connectivity index (χ0n) is 5.96. The van der Waals surface area contributed by atoms with E-state index in [0.717, 1.165) is 6.42 Å². The van der Waals surface area contributed by atoms with E-state index in [9.17, 15) is 0 Å². The summed E-state index contributed by atoms with van der Waals surface area (Å²) in [5.74, 6) is 0. The van der Waals surface area contributed by atoms with Gasteiger partial charge in [-0.1, -0.05) is 24.3 Å². The monoisotopic (exact) mass is 139 g/mol. The van der Waals surface area contributed by atoms with Crippen LogP contribution in [0.2, 0.25) is 0 Å². The lowest BCUT2D eigenvalue weighted by molar-refractivity contribution is 0.257. The van der Waals surface area contributed by atoms with Gasteiger partial charge in [-0.25, -0.2) is 0 Å². The molecule has 0 saturated heterocycles. The smallest absolute Gasteiger partial charge is 0.0451 e. The van der Waals surface area contributed by atoms with Gasteiger partial charge in [-0.3, -0.25) is 0 Å². The highest BCUT2D eigenvalue weighted by Crippen LogP contribution is 2.17. The second-order valence-electron chi connectivity index (χ2n) is 2.70. The van der Waals surface area contributed by atoms with Crippen molar-refractivity contribution in [1.82, 2.24) is 0 Å². The van der Waals surface area contributed by atoms with Crippen LogP contribution >= 0.6 is 0 Å². The first-order chi connectivity index (χ1) is 4.77. The largest absolute Gasteiger partial charge is 0.396 e. The lowest BCUT2D eigenvalue weighted by Gasteiger charge is -2.24. The quantitative estimate of drug-likeness (QED) is 0.588. The Kier molecular flexibility index (Phi) is 2.25. The molecule has 0 heterocycles. The molecule has 0 amide bonds. The average molecular weight is 139 g/mol. The Morgan fingerprint density at radius 3 is 2.80 bits per heavy atom. The number of nitrogens with two attached hydrogens (primary N) is 1. The molecule has 1 unspecified atom stereocenters. The van der Waals surface area contributed by atoms with Crippen molar-refractivity contribution in [2.75, 3.05) is 6.61 Å². The van der Waals surface area contributed by atoms with Gasteiger partial charge in [-0.15, -0.1) is 0 Å². The summed E-state index contributed by atoms with van der Waals surface area (Å²) in [5, 5.41) is 8.65. The van der Waals surface area contributed by atoms with Crippen molar-refractivity contribution in [3.05, 3.63) is 24.3 Å². The van der Waals surface area contributed by atoms with Crippen LogP contribution in [-0.2, 0) is 0 Å². The van der Waals surface area contributed by atoms with Crippen LogP contribution in [0.15, 0.2) is 24.3 Å². The predicted octanol–water partition coefficient (Wildman–Crippen LogP) is 0.582. The van der Waals surface area contributed by atoms with Crippen LogP contribution < -0.4 is 5.73 Å². The standard InChI is InChI=1S/C8H13NO/c9-8(6-7-10)4-2-1-3-5-8/h1-4,10H,5-7,9H2. The first-order valence-electron chi connectivity index (χ1n) is 3.51. The maximum absolute atomic E-state index is 8.65. The molecule has 10 heavy (non-hydrogen) atoms. The summed E-state index contributed by atoms with van der Waals surface area (Å²) in [5.41, 5.74) is 5.58. The number of aliphatic hydroxyl groups is 1. The number of allylic oxidation sites excluding steroid dienone is 2. The van der Waals surface area contributed by atoms with E-state index >= 15 is 0 Å². The minimum Gasteiger partial charge on any atom is -0.396 e. The van der Waals surface area contributed by atoms with E-state index in [1.54, 1.807) is 0 Å². The Morgan fingerprint density at radius 2 is 2.30 bits per heavy atom. The second-order valence-corrected chi connectivity index (χ2v) is 2.70. The highest BCUT2D eigenvalue weighted by Gasteiger charge is 2.19. The Balaban J connectivity index is 2.52. The van der Waals surface area contributed by atoms with Gasteiger partial charge in [0.25, 0.3) is 0 Å². The highest BCUT2D eigenvalue weighted by molar-refractivity contribution is 5.19. The molecule has 0 aromatic rings. The lowest BCUT2D eigenvalue weighted by atomic mass is 9.89. The third-order valence-electron chi connectivity index (χ3n) is 1.75. The molecule has 1 aliphatic rings. The fourth-order valence-corrected chi connectivity index (χ4v) is 1.07. The lowest BCUT2D eigenvalue weighted by Crippen LogP contribution is -2.38. The Hall–Kier alpha value is -0.600. The van der Waals surface area contributed by atoms with Gasteiger partial charge >= 0.3 is 0 Å². The zero-order valence-corrected chi connectivity index (χ0v) is 5.96. The average Bonchev–Trinajstić information content (AvgIpc) is 1.89. The van der Waals surface area contributed by atoms with Crippen LogP contribution in [0.1, 0.15) is 12.8 Å². The van der Waals surface area contributed by atoms with E-state index in [0.29, 0.717) is 6.42 Å². The molecule has 0 spiro atoms.